The van der Waals surface area contributed by atoms with Gasteiger partial charge in [0.1, 0.15) is 5.82 Å². The summed E-state index contributed by atoms with van der Waals surface area (Å²) in [6.45, 7) is 6.89. The number of rotatable bonds is 6. The average molecular weight is 444 g/mol. The molecule has 5 nitrogen and oxygen atoms in total. The van der Waals surface area contributed by atoms with Gasteiger partial charge in [-0.3, -0.25) is 9.88 Å². The number of pyridine rings is 1. The van der Waals surface area contributed by atoms with Gasteiger partial charge in [0.25, 0.3) is 0 Å². The molecule has 0 unspecified atom stereocenters. The van der Waals surface area contributed by atoms with Gasteiger partial charge in [-0.25, -0.2) is 4.98 Å². The summed E-state index contributed by atoms with van der Waals surface area (Å²) in [5, 5.41) is 0. The summed E-state index contributed by atoms with van der Waals surface area (Å²) in [7, 11) is 0. The van der Waals surface area contributed by atoms with Crippen molar-refractivity contribution in [3.63, 3.8) is 0 Å². The minimum absolute atomic E-state index is 0.449. The molecule has 1 aromatic carbocycles. The lowest BCUT2D eigenvalue weighted by Gasteiger charge is -2.44. The molecule has 2 aromatic heterocycles. The van der Waals surface area contributed by atoms with Crippen molar-refractivity contribution in [1.29, 1.82) is 0 Å². The molecule has 0 N–H and O–H groups in total. The molecule has 0 amide bonds. The smallest absolute Gasteiger partial charge is 0.124 e. The second-order valence-corrected chi connectivity index (χ2v) is 10.3. The second kappa shape index (κ2) is 9.55. The summed E-state index contributed by atoms with van der Waals surface area (Å²) >= 11 is 0. The van der Waals surface area contributed by atoms with E-state index in [9.17, 15) is 0 Å². The summed E-state index contributed by atoms with van der Waals surface area (Å²) in [6, 6.07) is 13.6. The van der Waals surface area contributed by atoms with Gasteiger partial charge < -0.3 is 9.47 Å². The fourth-order valence-electron chi connectivity index (χ4n) is 6.61. The SMILES string of the molecule is c1cnc2c(c1)CC[C@@H]1CCCN(Cc3nc4ccccc4n3CCCN3CCCCC3)[C@H]21. The van der Waals surface area contributed by atoms with Crippen LogP contribution in [0.1, 0.15) is 68.1 Å². The van der Waals surface area contributed by atoms with Crippen LogP contribution >= 0.6 is 0 Å². The van der Waals surface area contributed by atoms with Crippen LogP contribution in [0.3, 0.4) is 0 Å². The molecule has 0 spiro atoms. The molecule has 6 rings (SSSR count). The highest BCUT2D eigenvalue weighted by molar-refractivity contribution is 5.75. The van der Waals surface area contributed by atoms with Crippen molar-refractivity contribution in [1.82, 2.24) is 24.3 Å². The average Bonchev–Trinajstić information content (AvgIpc) is 3.21. The molecular weight excluding hydrogens is 406 g/mol. The van der Waals surface area contributed by atoms with Gasteiger partial charge in [-0.2, -0.15) is 0 Å². The highest BCUT2D eigenvalue weighted by Gasteiger charge is 2.38. The van der Waals surface area contributed by atoms with Crippen LogP contribution in [0, 0.1) is 5.92 Å². The van der Waals surface area contributed by atoms with Crippen LogP contribution in [0.4, 0.5) is 0 Å². The van der Waals surface area contributed by atoms with Crippen LogP contribution in [-0.2, 0) is 19.5 Å². The van der Waals surface area contributed by atoms with Crippen LogP contribution in [0.25, 0.3) is 11.0 Å². The van der Waals surface area contributed by atoms with Gasteiger partial charge in [0.15, 0.2) is 0 Å². The zero-order chi connectivity index (χ0) is 22.0. The summed E-state index contributed by atoms with van der Waals surface area (Å²) in [5.41, 5.74) is 5.23. The first-order chi connectivity index (χ1) is 16.4. The number of para-hydroxylation sites is 2. The Bertz CT molecular complexity index is 1080. The predicted molar refractivity (Wildman–Crippen MR) is 133 cm³/mol. The number of hydrogen-bond donors (Lipinski definition) is 0. The molecule has 0 bridgehead atoms. The maximum Gasteiger partial charge on any atom is 0.124 e. The number of imidazole rings is 1. The van der Waals surface area contributed by atoms with Crippen LogP contribution < -0.4 is 0 Å². The van der Waals surface area contributed by atoms with Crippen molar-refractivity contribution in [3.05, 3.63) is 59.7 Å². The second-order valence-electron chi connectivity index (χ2n) is 10.3. The highest BCUT2D eigenvalue weighted by atomic mass is 15.2. The number of likely N-dealkylation sites (tertiary alicyclic amines) is 2. The minimum Gasteiger partial charge on any atom is -0.327 e. The molecule has 174 valence electrons. The Hall–Kier alpha value is -2.24. The van der Waals surface area contributed by atoms with E-state index in [4.69, 9.17) is 9.97 Å². The van der Waals surface area contributed by atoms with Gasteiger partial charge in [-0.1, -0.05) is 24.6 Å². The molecule has 3 aliphatic rings. The third-order valence-corrected chi connectivity index (χ3v) is 8.23. The monoisotopic (exact) mass is 443 g/mol. The number of benzene rings is 1. The van der Waals surface area contributed by atoms with Gasteiger partial charge in [0.2, 0.25) is 0 Å². The van der Waals surface area contributed by atoms with Crippen molar-refractivity contribution >= 4 is 11.0 Å². The molecule has 5 heteroatoms. The first-order valence-electron chi connectivity index (χ1n) is 13.2. The molecule has 2 atom stereocenters. The number of piperidine rings is 2. The summed E-state index contributed by atoms with van der Waals surface area (Å²) in [4.78, 5) is 15.4. The maximum atomic E-state index is 5.15. The topological polar surface area (TPSA) is 37.2 Å². The Labute approximate surface area is 197 Å². The Morgan fingerprint density at radius 1 is 0.879 bits per heavy atom. The van der Waals surface area contributed by atoms with E-state index < -0.39 is 0 Å². The summed E-state index contributed by atoms with van der Waals surface area (Å²) in [5.74, 6) is 1.97. The molecule has 0 saturated carbocycles. The van der Waals surface area contributed by atoms with Crippen molar-refractivity contribution in [2.24, 2.45) is 5.92 Å². The fraction of sp³-hybridized carbons (Fsp3) is 0.571. The van der Waals surface area contributed by atoms with E-state index in [-0.39, 0.29) is 0 Å². The Morgan fingerprint density at radius 3 is 2.73 bits per heavy atom. The highest BCUT2D eigenvalue weighted by Crippen LogP contribution is 2.43. The van der Waals surface area contributed by atoms with E-state index in [1.165, 1.54) is 93.6 Å². The van der Waals surface area contributed by atoms with E-state index >= 15 is 0 Å². The molecule has 2 aliphatic heterocycles. The van der Waals surface area contributed by atoms with E-state index in [1.807, 2.05) is 6.20 Å². The summed E-state index contributed by atoms with van der Waals surface area (Å²) in [6.07, 6.45) is 12.4. The van der Waals surface area contributed by atoms with E-state index in [1.54, 1.807) is 0 Å². The van der Waals surface area contributed by atoms with Gasteiger partial charge in [-0.15, -0.1) is 0 Å². The molecule has 3 aromatic rings. The molecule has 0 radical (unpaired) electrons. The van der Waals surface area contributed by atoms with Gasteiger partial charge in [-0.05, 0) is 101 Å². The van der Waals surface area contributed by atoms with Crippen molar-refractivity contribution in [2.45, 2.75) is 70.5 Å². The van der Waals surface area contributed by atoms with Crippen LogP contribution in [0.15, 0.2) is 42.6 Å². The molecule has 4 heterocycles. The molecular formula is C28H37N5. The molecule has 2 fully saturated rings. The predicted octanol–water partition coefficient (Wildman–Crippen LogP) is 5.21. The molecule has 1 aliphatic carbocycles. The zero-order valence-corrected chi connectivity index (χ0v) is 19.8. The molecule has 2 saturated heterocycles. The minimum atomic E-state index is 0.449. The first kappa shape index (κ1) is 21.3. The quantitative estimate of drug-likeness (QED) is 0.524. The lowest BCUT2D eigenvalue weighted by molar-refractivity contribution is 0.0664. The van der Waals surface area contributed by atoms with Crippen LogP contribution in [0.2, 0.25) is 0 Å². The van der Waals surface area contributed by atoms with Crippen molar-refractivity contribution in [2.75, 3.05) is 26.2 Å². The normalized spacial score (nSPS) is 24.0. The third kappa shape index (κ3) is 4.33. The maximum absolute atomic E-state index is 5.15. The van der Waals surface area contributed by atoms with Crippen molar-refractivity contribution in [3.8, 4) is 0 Å². The summed E-state index contributed by atoms with van der Waals surface area (Å²) < 4.78 is 2.52. The Balaban J connectivity index is 1.25. The first-order valence-corrected chi connectivity index (χ1v) is 13.2. The largest absolute Gasteiger partial charge is 0.327 e. The van der Waals surface area contributed by atoms with Crippen molar-refractivity contribution < 1.29 is 0 Å². The van der Waals surface area contributed by atoms with E-state index in [2.05, 4.69) is 50.8 Å². The Morgan fingerprint density at radius 2 is 1.79 bits per heavy atom. The van der Waals surface area contributed by atoms with Gasteiger partial charge >= 0.3 is 0 Å². The van der Waals surface area contributed by atoms with E-state index in [0.717, 1.165) is 31.1 Å². The van der Waals surface area contributed by atoms with Crippen LogP contribution in [0.5, 0.6) is 0 Å². The lowest BCUT2D eigenvalue weighted by Crippen LogP contribution is -2.42. The number of aryl methyl sites for hydroxylation is 2. The standard InChI is InChI=1S/C28H37N5/c1-4-16-31(17-5-1)18-8-20-33-25-12-3-2-11-24(25)30-26(33)21-32-19-7-10-23-14-13-22-9-6-15-29-27(22)28(23)32/h2-3,6,9,11-12,15,23,28H,1,4-5,7-8,10,13-14,16-21H2/t23-,28-/m0/s1. The number of aromatic nitrogens is 3. The number of fused-ring (bicyclic) bond motifs is 4. The zero-order valence-electron chi connectivity index (χ0n) is 19.8. The number of hydrogen-bond acceptors (Lipinski definition) is 4. The van der Waals surface area contributed by atoms with Crippen LogP contribution in [-0.4, -0.2) is 50.5 Å². The lowest BCUT2D eigenvalue weighted by atomic mass is 9.77. The Kier molecular flexibility index (Phi) is 6.17. The fourth-order valence-corrected chi connectivity index (χ4v) is 6.61. The van der Waals surface area contributed by atoms with E-state index in [0.29, 0.717) is 6.04 Å². The van der Waals surface area contributed by atoms with Gasteiger partial charge in [0, 0.05) is 12.7 Å². The van der Waals surface area contributed by atoms with Gasteiger partial charge in [0.05, 0.1) is 29.3 Å². The third-order valence-electron chi connectivity index (χ3n) is 8.23. The number of nitrogens with zero attached hydrogens (tertiary/aromatic N) is 5. The molecule has 33 heavy (non-hydrogen) atoms.